The van der Waals surface area contributed by atoms with Crippen LogP contribution in [0.2, 0.25) is 0 Å². The summed E-state index contributed by atoms with van der Waals surface area (Å²) in [7, 11) is 3.45. The van der Waals surface area contributed by atoms with Crippen LogP contribution in [0.25, 0.3) is 11.5 Å². The van der Waals surface area contributed by atoms with E-state index in [2.05, 4.69) is 4.98 Å². The molecule has 0 aliphatic rings. The fourth-order valence-electron chi connectivity index (χ4n) is 2.52. The third kappa shape index (κ3) is 4.22. The van der Waals surface area contributed by atoms with Crippen LogP contribution in [-0.4, -0.2) is 24.0 Å². The van der Waals surface area contributed by atoms with Crippen molar-refractivity contribution in [2.24, 2.45) is 0 Å². The van der Waals surface area contributed by atoms with Gasteiger partial charge in [-0.25, -0.2) is 13.8 Å². The average molecular weight is 344 g/mol. The first-order valence-corrected chi connectivity index (χ1v) is 7.76. The summed E-state index contributed by atoms with van der Waals surface area (Å²) in [5, 5.41) is 0. The van der Waals surface area contributed by atoms with Crippen molar-refractivity contribution >= 4 is 0 Å². The number of aromatic nitrogens is 1. The quantitative estimate of drug-likeness (QED) is 0.670. The minimum atomic E-state index is -0.579. The molecule has 6 heteroatoms. The zero-order chi connectivity index (χ0) is 17.8. The Morgan fingerprint density at radius 2 is 1.84 bits per heavy atom. The summed E-state index contributed by atoms with van der Waals surface area (Å²) in [5.74, 6) is 0.145. The highest BCUT2D eigenvalue weighted by Crippen LogP contribution is 2.22. The molecule has 0 N–H and O–H groups in total. The van der Waals surface area contributed by atoms with Gasteiger partial charge < -0.3 is 9.15 Å². The van der Waals surface area contributed by atoms with Gasteiger partial charge in [-0.15, -0.1) is 0 Å². The van der Waals surface area contributed by atoms with E-state index in [-0.39, 0.29) is 0 Å². The van der Waals surface area contributed by atoms with Crippen molar-refractivity contribution in [3.63, 3.8) is 0 Å². The van der Waals surface area contributed by atoms with Crippen molar-refractivity contribution < 1.29 is 17.9 Å². The Hall–Kier alpha value is -2.73. The van der Waals surface area contributed by atoms with E-state index in [0.29, 0.717) is 24.5 Å². The summed E-state index contributed by atoms with van der Waals surface area (Å²) < 4.78 is 37.3. The number of hydrogen-bond acceptors (Lipinski definition) is 4. The molecule has 0 atom stereocenters. The van der Waals surface area contributed by atoms with E-state index in [0.717, 1.165) is 23.1 Å². The van der Waals surface area contributed by atoms with E-state index in [1.807, 2.05) is 36.2 Å². The fraction of sp³-hybridized carbons (Fsp3) is 0.211. The number of rotatable bonds is 6. The van der Waals surface area contributed by atoms with Gasteiger partial charge in [-0.05, 0) is 37.4 Å². The Bertz CT molecular complexity index is 847. The molecule has 25 heavy (non-hydrogen) atoms. The summed E-state index contributed by atoms with van der Waals surface area (Å²) in [6, 6.07) is 11.0. The molecular weight excluding hydrogens is 326 g/mol. The van der Waals surface area contributed by atoms with Crippen molar-refractivity contribution in [2.45, 2.75) is 13.1 Å². The Kier molecular flexibility index (Phi) is 5.09. The predicted molar refractivity (Wildman–Crippen MR) is 90.0 cm³/mol. The van der Waals surface area contributed by atoms with Crippen LogP contribution in [0.1, 0.15) is 11.3 Å². The smallest absolute Gasteiger partial charge is 0.226 e. The van der Waals surface area contributed by atoms with Gasteiger partial charge in [0.25, 0.3) is 0 Å². The predicted octanol–water partition coefficient (Wildman–Crippen LogP) is 4.26. The summed E-state index contributed by atoms with van der Waals surface area (Å²) in [6.45, 7) is 0.827. The number of oxazole rings is 1. The van der Waals surface area contributed by atoms with Gasteiger partial charge in [0.2, 0.25) is 5.89 Å². The van der Waals surface area contributed by atoms with Crippen molar-refractivity contribution in [1.82, 2.24) is 9.88 Å². The molecule has 0 spiro atoms. The third-order valence-corrected chi connectivity index (χ3v) is 3.78. The van der Waals surface area contributed by atoms with Gasteiger partial charge in [0.1, 0.15) is 23.6 Å². The second-order valence-electron chi connectivity index (χ2n) is 5.78. The number of hydrogen-bond donors (Lipinski definition) is 0. The minimum absolute atomic E-state index is 0.344. The van der Waals surface area contributed by atoms with Crippen LogP contribution in [0.15, 0.2) is 53.1 Å². The zero-order valence-electron chi connectivity index (χ0n) is 14.0. The maximum Gasteiger partial charge on any atom is 0.226 e. The maximum atomic E-state index is 13.7. The van der Waals surface area contributed by atoms with E-state index in [9.17, 15) is 8.78 Å². The van der Waals surface area contributed by atoms with Crippen molar-refractivity contribution in [2.75, 3.05) is 14.2 Å². The van der Waals surface area contributed by atoms with Gasteiger partial charge in [-0.2, -0.15) is 0 Å². The molecule has 0 amide bonds. The van der Waals surface area contributed by atoms with Crippen LogP contribution in [0.5, 0.6) is 5.75 Å². The lowest BCUT2D eigenvalue weighted by Gasteiger charge is -2.15. The SMILES string of the molecule is COc1ccc(-c2nc(CN(C)Cc3ccc(F)cc3F)co2)cc1. The third-order valence-electron chi connectivity index (χ3n) is 3.78. The van der Waals surface area contributed by atoms with Crippen LogP contribution in [0.4, 0.5) is 8.78 Å². The second kappa shape index (κ2) is 7.44. The van der Waals surface area contributed by atoms with Gasteiger partial charge in [0.15, 0.2) is 0 Å². The van der Waals surface area contributed by atoms with E-state index in [4.69, 9.17) is 9.15 Å². The van der Waals surface area contributed by atoms with Crippen LogP contribution < -0.4 is 4.74 Å². The summed E-state index contributed by atoms with van der Waals surface area (Å²) in [4.78, 5) is 6.33. The molecule has 1 heterocycles. The molecular formula is C19H18F2N2O2. The monoisotopic (exact) mass is 344 g/mol. The van der Waals surface area contributed by atoms with Gasteiger partial charge >= 0.3 is 0 Å². The fourth-order valence-corrected chi connectivity index (χ4v) is 2.52. The van der Waals surface area contributed by atoms with Crippen molar-refractivity contribution in [3.05, 3.63) is 71.6 Å². The molecule has 0 fully saturated rings. The number of methoxy groups -OCH3 is 1. The molecule has 3 aromatic rings. The Morgan fingerprint density at radius 1 is 1.08 bits per heavy atom. The molecule has 0 saturated carbocycles. The van der Waals surface area contributed by atoms with Gasteiger partial charge in [-0.1, -0.05) is 6.07 Å². The summed E-state index contributed by atoms with van der Waals surface area (Å²) in [5.41, 5.74) is 2.01. The first-order valence-electron chi connectivity index (χ1n) is 7.76. The Labute approximate surface area is 144 Å². The Balaban J connectivity index is 1.65. The second-order valence-corrected chi connectivity index (χ2v) is 5.78. The van der Waals surface area contributed by atoms with Crippen LogP contribution in [0, 0.1) is 11.6 Å². The normalized spacial score (nSPS) is 11.1. The molecule has 130 valence electrons. The Morgan fingerprint density at radius 3 is 2.52 bits per heavy atom. The molecule has 0 unspecified atom stereocenters. The number of halogens is 2. The highest BCUT2D eigenvalue weighted by molar-refractivity contribution is 5.54. The van der Waals surface area contributed by atoms with E-state index in [1.54, 1.807) is 13.4 Å². The topological polar surface area (TPSA) is 38.5 Å². The maximum absolute atomic E-state index is 13.7. The van der Waals surface area contributed by atoms with E-state index < -0.39 is 11.6 Å². The van der Waals surface area contributed by atoms with Crippen molar-refractivity contribution in [1.29, 1.82) is 0 Å². The van der Waals surface area contributed by atoms with Crippen molar-refractivity contribution in [3.8, 4) is 17.2 Å². The number of nitrogens with zero attached hydrogens (tertiary/aromatic N) is 2. The molecule has 0 aliphatic heterocycles. The first kappa shape index (κ1) is 17.1. The van der Waals surface area contributed by atoms with Crippen LogP contribution >= 0.6 is 0 Å². The minimum Gasteiger partial charge on any atom is -0.497 e. The van der Waals surface area contributed by atoms with Crippen LogP contribution in [-0.2, 0) is 13.1 Å². The molecule has 1 aromatic heterocycles. The van der Waals surface area contributed by atoms with Gasteiger partial charge in [0, 0.05) is 30.3 Å². The zero-order valence-corrected chi connectivity index (χ0v) is 14.0. The van der Waals surface area contributed by atoms with E-state index >= 15 is 0 Å². The standard InChI is InChI=1S/C19H18F2N2O2/c1-23(10-14-3-6-15(20)9-18(14)21)11-16-12-25-19(22-16)13-4-7-17(24-2)8-5-13/h3-9,12H,10-11H2,1-2H3. The average Bonchev–Trinajstić information content (AvgIpc) is 3.06. The van der Waals surface area contributed by atoms with E-state index in [1.165, 1.54) is 12.1 Å². The molecule has 0 aliphatic carbocycles. The molecule has 3 rings (SSSR count). The first-order chi connectivity index (χ1) is 12.0. The summed E-state index contributed by atoms with van der Waals surface area (Å²) >= 11 is 0. The highest BCUT2D eigenvalue weighted by atomic mass is 19.1. The lowest BCUT2D eigenvalue weighted by Crippen LogP contribution is -2.18. The molecule has 0 saturated heterocycles. The molecule has 0 bridgehead atoms. The molecule has 4 nitrogen and oxygen atoms in total. The molecule has 2 aromatic carbocycles. The lowest BCUT2D eigenvalue weighted by molar-refractivity contribution is 0.309. The molecule has 0 radical (unpaired) electrons. The van der Waals surface area contributed by atoms with Gasteiger partial charge in [-0.3, -0.25) is 4.90 Å². The van der Waals surface area contributed by atoms with Gasteiger partial charge in [0.05, 0.1) is 12.8 Å². The highest BCUT2D eigenvalue weighted by Gasteiger charge is 2.11. The number of ether oxygens (including phenoxy) is 1. The summed E-state index contributed by atoms with van der Waals surface area (Å²) in [6.07, 6.45) is 1.58. The lowest BCUT2D eigenvalue weighted by atomic mass is 10.2. The number of benzene rings is 2. The van der Waals surface area contributed by atoms with Crippen LogP contribution in [0.3, 0.4) is 0 Å². The largest absolute Gasteiger partial charge is 0.497 e.